The molecule has 2 saturated heterocycles. The molecule has 0 aromatic carbocycles. The number of carbonyl (C=O) groups is 4. The number of aliphatic carboxylic acids is 1. The van der Waals surface area contributed by atoms with Gasteiger partial charge in [0.25, 0.3) is 11.8 Å². The quantitative estimate of drug-likeness (QED) is 0.345. The summed E-state index contributed by atoms with van der Waals surface area (Å²) in [4.78, 5) is 50.4. The molecule has 0 aliphatic carbocycles. The second-order valence-corrected chi connectivity index (χ2v) is 7.57. The number of carboxylic acids is 1. The van der Waals surface area contributed by atoms with E-state index in [1.54, 1.807) is 40.1 Å². The minimum absolute atomic E-state index is 0. The number of nitrogens with zero attached hydrogens (tertiary/aromatic N) is 3. The zero-order chi connectivity index (χ0) is 20.9. The van der Waals surface area contributed by atoms with Crippen molar-refractivity contribution < 1.29 is 28.9 Å². The van der Waals surface area contributed by atoms with Gasteiger partial charge in [0, 0.05) is 31.0 Å². The number of carbonyl (C=O) groups excluding carboxylic acids is 3. The van der Waals surface area contributed by atoms with Crippen molar-refractivity contribution in [1.82, 2.24) is 9.80 Å². The number of aromatic nitrogens is 1. The molecular formula is C20H22N4NaO5+. The van der Waals surface area contributed by atoms with Crippen LogP contribution < -0.4 is 10.3 Å². The van der Waals surface area contributed by atoms with Crippen LogP contribution in [0.3, 0.4) is 0 Å². The van der Waals surface area contributed by atoms with Gasteiger partial charge in [-0.25, -0.2) is 4.79 Å². The molecule has 0 unspecified atom stereocenters. The zero-order valence-corrected chi connectivity index (χ0v) is 15.8. The van der Waals surface area contributed by atoms with Crippen molar-refractivity contribution in [2.24, 2.45) is 11.7 Å². The molecule has 3 atom stereocenters. The number of likely N-dealkylation sites (tertiary alicyclic amines) is 1. The van der Waals surface area contributed by atoms with Gasteiger partial charge < -0.3 is 15.7 Å². The van der Waals surface area contributed by atoms with Crippen molar-refractivity contribution in [3.63, 3.8) is 0 Å². The number of amides is 3. The Morgan fingerprint density at radius 3 is 2.70 bits per heavy atom. The van der Waals surface area contributed by atoms with Crippen LogP contribution in [0.1, 0.15) is 18.9 Å². The summed E-state index contributed by atoms with van der Waals surface area (Å²) >= 11 is 0. The first kappa shape index (κ1) is 22.2. The van der Waals surface area contributed by atoms with E-state index < -0.39 is 17.9 Å². The third kappa shape index (κ3) is 3.68. The van der Waals surface area contributed by atoms with E-state index in [0.717, 1.165) is 5.56 Å². The molecule has 0 spiro atoms. The third-order valence-electron chi connectivity index (χ3n) is 5.69. The number of hydrogen-bond donors (Lipinski definition) is 2. The van der Waals surface area contributed by atoms with E-state index in [9.17, 15) is 24.3 Å². The molecule has 9 nitrogen and oxygen atoms in total. The molecule has 0 saturated carbocycles. The van der Waals surface area contributed by atoms with Gasteiger partial charge in [0.05, 0.1) is 6.04 Å². The van der Waals surface area contributed by atoms with Crippen LogP contribution in [0.15, 0.2) is 41.9 Å². The van der Waals surface area contributed by atoms with Gasteiger partial charge >= 0.3 is 35.5 Å². The number of β-lactam (4-membered cyclic amide) rings is 1. The van der Waals surface area contributed by atoms with E-state index >= 15 is 0 Å². The van der Waals surface area contributed by atoms with Crippen LogP contribution in [-0.2, 0) is 25.7 Å². The van der Waals surface area contributed by atoms with Crippen molar-refractivity contribution in [3.05, 3.63) is 47.4 Å². The zero-order valence-electron chi connectivity index (χ0n) is 15.8. The maximum atomic E-state index is 12.6. The van der Waals surface area contributed by atoms with Crippen LogP contribution in [0.5, 0.6) is 0 Å². The predicted octanol–water partition coefficient (Wildman–Crippen LogP) is -1.38. The Morgan fingerprint density at radius 1 is 1.33 bits per heavy atom. The Balaban J connectivity index is 0.00000256. The van der Waals surface area contributed by atoms with Gasteiger partial charge in [-0.15, -0.1) is 0 Å². The van der Waals surface area contributed by atoms with Crippen LogP contribution in [0.2, 0.25) is 0 Å². The summed E-state index contributed by atoms with van der Waals surface area (Å²) in [5, 5.41) is 9.74. The van der Waals surface area contributed by atoms with Crippen molar-refractivity contribution in [3.8, 4) is 0 Å². The number of allylic oxidation sites excluding steroid dienone is 2. The summed E-state index contributed by atoms with van der Waals surface area (Å²) in [6.45, 7) is 1.91. The SMILES string of the molecule is CC(=O)N1C[C@H]2CC(/C=C/c3ccc[n+](CC(N)=O)c3)=C(C(=O)O)N3C(=O)[C@@H]1[C@@H]23.[NaH]. The molecule has 0 radical (unpaired) electrons. The van der Waals surface area contributed by atoms with Crippen molar-refractivity contribution in [2.75, 3.05) is 6.54 Å². The number of carboxylic acid groups (broad SMARTS) is 1. The molecule has 4 heterocycles. The van der Waals surface area contributed by atoms with Crippen LogP contribution in [-0.4, -0.2) is 86.8 Å². The van der Waals surface area contributed by atoms with Crippen molar-refractivity contribution in [2.45, 2.75) is 32.0 Å². The van der Waals surface area contributed by atoms with Crippen LogP contribution in [0.25, 0.3) is 6.08 Å². The molecule has 4 rings (SSSR count). The summed E-state index contributed by atoms with van der Waals surface area (Å²) in [5.41, 5.74) is 6.50. The van der Waals surface area contributed by atoms with E-state index in [1.807, 2.05) is 6.07 Å². The van der Waals surface area contributed by atoms with Gasteiger partial charge in [0.2, 0.25) is 12.5 Å². The summed E-state index contributed by atoms with van der Waals surface area (Å²) in [7, 11) is 0. The normalized spacial score (nSPS) is 24.4. The molecule has 10 heteroatoms. The number of rotatable bonds is 5. The Labute approximate surface area is 195 Å². The van der Waals surface area contributed by atoms with Gasteiger partial charge in [-0.3, -0.25) is 19.3 Å². The Morgan fingerprint density at radius 2 is 2.07 bits per heavy atom. The molecule has 1 aromatic rings. The fourth-order valence-corrected chi connectivity index (χ4v) is 4.56. The van der Waals surface area contributed by atoms with Crippen LogP contribution >= 0.6 is 0 Å². The summed E-state index contributed by atoms with van der Waals surface area (Å²) in [6, 6.07) is 2.78. The molecule has 3 aliphatic rings. The Kier molecular flexibility index (Phi) is 6.16. The molecular weight excluding hydrogens is 399 g/mol. The van der Waals surface area contributed by atoms with E-state index in [2.05, 4.69) is 0 Å². The second-order valence-electron chi connectivity index (χ2n) is 7.57. The van der Waals surface area contributed by atoms with E-state index in [0.29, 0.717) is 18.5 Å². The van der Waals surface area contributed by atoms with Gasteiger partial charge in [-0.2, -0.15) is 4.57 Å². The van der Waals surface area contributed by atoms with Gasteiger partial charge in [0.1, 0.15) is 11.7 Å². The van der Waals surface area contributed by atoms with Gasteiger partial charge in [-0.05, 0) is 24.1 Å². The molecule has 0 bridgehead atoms. The van der Waals surface area contributed by atoms with Crippen molar-refractivity contribution in [1.29, 1.82) is 0 Å². The van der Waals surface area contributed by atoms with Crippen LogP contribution in [0, 0.1) is 5.92 Å². The van der Waals surface area contributed by atoms with E-state index in [1.165, 1.54) is 11.8 Å². The maximum absolute atomic E-state index is 12.6. The number of primary amides is 1. The van der Waals surface area contributed by atoms with E-state index in [4.69, 9.17) is 5.73 Å². The topological polar surface area (TPSA) is 125 Å². The molecule has 3 aliphatic heterocycles. The third-order valence-corrected chi connectivity index (χ3v) is 5.69. The number of pyridine rings is 1. The second kappa shape index (κ2) is 8.33. The summed E-state index contributed by atoms with van der Waals surface area (Å²) < 4.78 is 1.64. The van der Waals surface area contributed by atoms with Crippen molar-refractivity contribution >= 4 is 59.3 Å². The fourth-order valence-electron chi connectivity index (χ4n) is 4.56. The molecule has 1 aromatic heterocycles. The number of hydrogen-bond acceptors (Lipinski definition) is 4. The van der Waals surface area contributed by atoms with Gasteiger partial charge in [0.15, 0.2) is 12.4 Å². The monoisotopic (exact) mass is 421 g/mol. The molecule has 2 fully saturated rings. The minimum atomic E-state index is -1.16. The first-order chi connectivity index (χ1) is 13.8. The summed E-state index contributed by atoms with van der Waals surface area (Å²) in [6.07, 6.45) is 7.35. The molecule has 152 valence electrons. The summed E-state index contributed by atoms with van der Waals surface area (Å²) in [5.74, 6) is -2.12. The average Bonchev–Trinajstić information content (AvgIpc) is 3.02. The standard InChI is InChI=1S/C20H20N4O5.Na.H/c1-11(25)23-9-14-7-13(17(20(28)29)24-16(14)18(23)19(24)27)5-4-12-3-2-6-22(8-12)10-15(21)26;;/h2-6,8,14,16,18H,7,9-10H2,1H3,(H2-,21,26,28,29);;/p+1/b5-4+;;/t14-,16-,18+;;/m1../s1. The molecule has 30 heavy (non-hydrogen) atoms. The first-order valence-corrected chi connectivity index (χ1v) is 9.30. The molecule has 3 N–H and O–H groups in total. The average molecular weight is 421 g/mol. The number of nitrogens with two attached hydrogens (primary N) is 1. The van der Waals surface area contributed by atoms with Gasteiger partial charge in [-0.1, -0.05) is 6.08 Å². The fraction of sp³-hybridized carbons (Fsp3) is 0.350. The predicted molar refractivity (Wildman–Crippen MR) is 107 cm³/mol. The Hall–Kier alpha value is -2.49. The first-order valence-electron chi connectivity index (χ1n) is 9.30. The molecule has 3 amide bonds. The Bertz CT molecular complexity index is 1000. The van der Waals surface area contributed by atoms with Crippen LogP contribution in [0.4, 0.5) is 0 Å². The van der Waals surface area contributed by atoms with E-state index in [-0.39, 0.29) is 65.6 Å².